The van der Waals surface area contributed by atoms with Gasteiger partial charge in [-0.3, -0.25) is 19.2 Å². The maximum atomic E-state index is 14.9. The van der Waals surface area contributed by atoms with Gasteiger partial charge in [-0.25, -0.2) is 13.6 Å². The molecule has 2 heterocycles. The Balaban J connectivity index is 1.55. The third-order valence-electron chi connectivity index (χ3n) is 8.95. The summed E-state index contributed by atoms with van der Waals surface area (Å²) in [5.41, 5.74) is -0.265. The number of alkyl carbamates (subject to hydrolysis) is 1. The summed E-state index contributed by atoms with van der Waals surface area (Å²) < 4.78 is 34.4. The molecule has 1 saturated heterocycles. The molecular formula is C36H45Cl2F2N5O6. The van der Waals surface area contributed by atoms with Crippen molar-refractivity contribution in [3.8, 4) is 0 Å². The van der Waals surface area contributed by atoms with Crippen LogP contribution in [0.3, 0.4) is 0 Å². The molecule has 4 rings (SSSR count). The number of hydrogen-bond donors (Lipinski definition) is 3. The van der Waals surface area contributed by atoms with E-state index in [1.165, 1.54) is 29.2 Å². The highest BCUT2D eigenvalue weighted by Gasteiger charge is 2.38. The third kappa shape index (κ3) is 10.5. The number of nitrogens with zero attached hydrogens (tertiary/aromatic N) is 2. The average molecular weight is 753 g/mol. The smallest absolute Gasteiger partial charge is 0.407 e. The SMILES string of the molecule is CC(C)(C)OC(=O)NCC[C@H](NC(=O)[C@@H]1Cc2cc(F)ccc2CN1C(=O)CCC(=O)N1CCCCC1(C)C)C(=O)Nc1ccc(Cl)c(Cl)c1F. The second kappa shape index (κ2) is 16.6. The fraction of sp³-hybridized carbons (Fsp3) is 0.528. The van der Waals surface area contributed by atoms with Crippen LogP contribution in [-0.4, -0.2) is 75.8 Å². The van der Waals surface area contributed by atoms with Crippen LogP contribution in [0.25, 0.3) is 0 Å². The molecule has 0 aromatic heterocycles. The molecule has 278 valence electrons. The van der Waals surface area contributed by atoms with Gasteiger partial charge < -0.3 is 30.5 Å². The predicted octanol–water partition coefficient (Wildman–Crippen LogP) is 6.13. The second-order valence-electron chi connectivity index (χ2n) is 14.5. The second-order valence-corrected chi connectivity index (χ2v) is 15.2. The summed E-state index contributed by atoms with van der Waals surface area (Å²) in [6.45, 7) is 9.49. The van der Waals surface area contributed by atoms with Crippen LogP contribution in [0.1, 0.15) is 84.3 Å². The molecule has 0 aliphatic carbocycles. The van der Waals surface area contributed by atoms with Crippen LogP contribution in [0.5, 0.6) is 0 Å². The number of carbonyl (C=O) groups excluding carboxylic acids is 5. The van der Waals surface area contributed by atoms with Gasteiger partial charge in [0.15, 0.2) is 5.82 Å². The lowest BCUT2D eigenvalue weighted by atomic mass is 9.90. The lowest BCUT2D eigenvalue weighted by Crippen LogP contribution is -2.56. The Hall–Kier alpha value is -3.97. The van der Waals surface area contributed by atoms with Gasteiger partial charge in [0.1, 0.15) is 23.5 Å². The Morgan fingerprint density at radius 3 is 2.39 bits per heavy atom. The van der Waals surface area contributed by atoms with Crippen LogP contribution in [0, 0.1) is 11.6 Å². The van der Waals surface area contributed by atoms with Gasteiger partial charge in [0.2, 0.25) is 23.6 Å². The monoisotopic (exact) mass is 751 g/mol. The molecule has 2 aliphatic heterocycles. The molecule has 11 nitrogen and oxygen atoms in total. The number of rotatable bonds is 10. The van der Waals surface area contributed by atoms with Crippen molar-refractivity contribution in [2.75, 3.05) is 18.4 Å². The Labute approximate surface area is 306 Å². The minimum Gasteiger partial charge on any atom is -0.444 e. The number of ether oxygens (including phenoxy) is 1. The Morgan fingerprint density at radius 1 is 1.00 bits per heavy atom. The number of likely N-dealkylation sites (tertiary alicyclic amines) is 1. The zero-order valence-corrected chi connectivity index (χ0v) is 31.0. The van der Waals surface area contributed by atoms with Crippen LogP contribution in [0.2, 0.25) is 10.0 Å². The van der Waals surface area contributed by atoms with Crippen LogP contribution in [-0.2, 0) is 36.9 Å². The van der Waals surface area contributed by atoms with Gasteiger partial charge in [0.25, 0.3) is 0 Å². The number of anilines is 1. The number of carbonyl (C=O) groups is 5. The molecule has 0 unspecified atom stereocenters. The molecule has 51 heavy (non-hydrogen) atoms. The van der Waals surface area contributed by atoms with E-state index in [1.807, 2.05) is 13.8 Å². The summed E-state index contributed by atoms with van der Waals surface area (Å²) in [5.74, 6) is -3.71. The van der Waals surface area contributed by atoms with Gasteiger partial charge in [-0.05, 0) is 95.7 Å². The highest BCUT2D eigenvalue weighted by molar-refractivity contribution is 6.42. The number of amides is 5. The number of piperidine rings is 1. The van der Waals surface area contributed by atoms with Crippen molar-refractivity contribution in [1.82, 2.24) is 20.4 Å². The largest absolute Gasteiger partial charge is 0.444 e. The Bertz CT molecular complexity index is 1670. The Kier molecular flexibility index (Phi) is 12.9. The first kappa shape index (κ1) is 39.8. The van der Waals surface area contributed by atoms with Crippen molar-refractivity contribution >= 4 is 58.6 Å². The standard InChI is InChI=1S/C36H45Cl2F2N5O6/c1-35(2,3)51-34(50)41-16-14-26(32(48)42-25-11-10-24(37)30(38)31(25)40)43-33(49)27-19-22-18-23(39)9-8-21(22)20-44(27)28(46)12-13-29(47)45-17-7-6-15-36(45,4)5/h8-11,18,26-27H,6-7,12-17,19-20H2,1-5H3,(H,41,50)(H,42,48)(H,43,49)/t26-,27-/m0/s1. The first-order chi connectivity index (χ1) is 23.9. The van der Waals surface area contributed by atoms with Crippen molar-refractivity contribution in [1.29, 1.82) is 0 Å². The number of fused-ring (bicyclic) bond motifs is 1. The molecule has 15 heteroatoms. The molecule has 2 atom stereocenters. The van der Waals surface area contributed by atoms with E-state index < -0.39 is 58.2 Å². The summed E-state index contributed by atoms with van der Waals surface area (Å²) in [7, 11) is 0. The van der Waals surface area contributed by atoms with Crippen molar-refractivity contribution < 1.29 is 37.5 Å². The number of halogens is 4. The fourth-order valence-electron chi connectivity index (χ4n) is 6.28. The zero-order valence-electron chi connectivity index (χ0n) is 29.5. The number of benzene rings is 2. The molecule has 0 radical (unpaired) electrons. The normalized spacial score (nSPS) is 17.5. The molecule has 0 bridgehead atoms. The molecule has 2 aromatic rings. The molecule has 3 N–H and O–H groups in total. The third-order valence-corrected chi connectivity index (χ3v) is 9.73. The van der Waals surface area contributed by atoms with Crippen LogP contribution >= 0.6 is 23.2 Å². The molecular weight excluding hydrogens is 707 g/mol. The minimum absolute atomic E-state index is 0.0263. The molecule has 1 fully saturated rings. The van der Waals surface area contributed by atoms with Crippen LogP contribution < -0.4 is 16.0 Å². The lowest BCUT2D eigenvalue weighted by Gasteiger charge is -2.42. The summed E-state index contributed by atoms with van der Waals surface area (Å²) in [5, 5.41) is 7.09. The van der Waals surface area contributed by atoms with E-state index in [0.29, 0.717) is 17.7 Å². The molecule has 2 aliphatic rings. The first-order valence-electron chi connectivity index (χ1n) is 16.9. The van der Waals surface area contributed by atoms with Gasteiger partial charge in [0.05, 0.1) is 15.7 Å². The lowest BCUT2D eigenvalue weighted by molar-refractivity contribution is -0.145. The molecule has 0 spiro atoms. The highest BCUT2D eigenvalue weighted by atomic mass is 35.5. The van der Waals surface area contributed by atoms with E-state index in [-0.39, 0.29) is 60.9 Å². The van der Waals surface area contributed by atoms with Gasteiger partial charge in [-0.1, -0.05) is 29.3 Å². The predicted molar refractivity (Wildman–Crippen MR) is 189 cm³/mol. The van der Waals surface area contributed by atoms with E-state index >= 15 is 0 Å². The van der Waals surface area contributed by atoms with E-state index in [9.17, 15) is 32.8 Å². The van der Waals surface area contributed by atoms with Gasteiger partial charge in [0, 0.05) is 44.4 Å². The summed E-state index contributed by atoms with van der Waals surface area (Å²) in [6, 6.07) is 4.08. The van der Waals surface area contributed by atoms with Gasteiger partial charge in [-0.2, -0.15) is 0 Å². The first-order valence-corrected chi connectivity index (χ1v) is 17.7. The quantitative estimate of drug-likeness (QED) is 0.250. The summed E-state index contributed by atoms with van der Waals surface area (Å²) >= 11 is 11.8. The van der Waals surface area contributed by atoms with E-state index in [4.69, 9.17) is 27.9 Å². The zero-order chi connectivity index (χ0) is 37.7. The van der Waals surface area contributed by atoms with Crippen LogP contribution in [0.4, 0.5) is 19.3 Å². The van der Waals surface area contributed by atoms with E-state index in [1.54, 1.807) is 31.7 Å². The van der Waals surface area contributed by atoms with Crippen LogP contribution in [0.15, 0.2) is 30.3 Å². The van der Waals surface area contributed by atoms with E-state index in [0.717, 1.165) is 19.3 Å². The maximum Gasteiger partial charge on any atom is 0.407 e. The van der Waals surface area contributed by atoms with Crippen molar-refractivity contribution in [2.24, 2.45) is 0 Å². The van der Waals surface area contributed by atoms with Gasteiger partial charge >= 0.3 is 6.09 Å². The van der Waals surface area contributed by atoms with Crippen molar-refractivity contribution in [2.45, 2.75) is 109 Å². The maximum absolute atomic E-state index is 14.9. The fourth-order valence-corrected chi connectivity index (χ4v) is 6.59. The van der Waals surface area contributed by atoms with E-state index in [2.05, 4.69) is 16.0 Å². The minimum atomic E-state index is -1.35. The molecule has 0 saturated carbocycles. The molecule has 2 aromatic carbocycles. The van der Waals surface area contributed by atoms with Crippen molar-refractivity contribution in [3.05, 3.63) is 63.1 Å². The average Bonchev–Trinajstić information content (AvgIpc) is 3.05. The number of hydrogen-bond acceptors (Lipinski definition) is 6. The summed E-state index contributed by atoms with van der Waals surface area (Å²) in [4.78, 5) is 70.0. The van der Waals surface area contributed by atoms with Crippen molar-refractivity contribution in [3.63, 3.8) is 0 Å². The van der Waals surface area contributed by atoms with Gasteiger partial charge in [-0.15, -0.1) is 0 Å². The topological polar surface area (TPSA) is 137 Å². The Morgan fingerprint density at radius 2 is 1.71 bits per heavy atom. The molecule has 5 amide bonds. The summed E-state index contributed by atoms with van der Waals surface area (Å²) in [6.07, 6.45) is 1.55. The number of nitrogens with one attached hydrogen (secondary N) is 3. The highest BCUT2D eigenvalue weighted by Crippen LogP contribution is 2.31.